The van der Waals surface area contributed by atoms with Crippen LogP contribution >= 0.6 is 0 Å². The van der Waals surface area contributed by atoms with Crippen molar-refractivity contribution < 1.29 is 9.59 Å². The Balaban J connectivity index is 2.51. The Morgan fingerprint density at radius 1 is 1.44 bits per heavy atom. The van der Waals surface area contributed by atoms with Gasteiger partial charge in [-0.3, -0.25) is 4.79 Å². The van der Waals surface area contributed by atoms with Crippen LogP contribution in [-0.4, -0.2) is 18.5 Å². The number of carbonyl (C=O) groups excluding carboxylic acids is 2. The minimum atomic E-state index is -0.384. The van der Waals surface area contributed by atoms with Crippen LogP contribution in [0.2, 0.25) is 0 Å². The maximum absolute atomic E-state index is 11.6. The highest BCUT2D eigenvalue weighted by Gasteiger charge is 2.31. The molecule has 0 spiro atoms. The van der Waals surface area contributed by atoms with Crippen LogP contribution in [0.4, 0.5) is 10.5 Å². The van der Waals surface area contributed by atoms with Gasteiger partial charge < -0.3 is 11.1 Å². The minimum Gasteiger partial charge on any atom is -0.328 e. The molecule has 1 aliphatic rings. The van der Waals surface area contributed by atoms with Crippen LogP contribution in [0.3, 0.4) is 0 Å². The lowest BCUT2D eigenvalue weighted by Crippen LogP contribution is -2.32. The second kappa shape index (κ2) is 3.94. The Labute approximate surface area is 93.2 Å². The summed E-state index contributed by atoms with van der Waals surface area (Å²) < 4.78 is 0. The summed E-state index contributed by atoms with van der Waals surface area (Å²) in [6, 6.07) is 5.07. The van der Waals surface area contributed by atoms with E-state index in [-0.39, 0.29) is 18.5 Å². The first-order valence-electron chi connectivity index (χ1n) is 5.04. The van der Waals surface area contributed by atoms with Crippen molar-refractivity contribution in [2.24, 2.45) is 5.73 Å². The Kier molecular flexibility index (Phi) is 2.62. The fourth-order valence-electron chi connectivity index (χ4n) is 1.83. The molecule has 0 radical (unpaired) electrons. The van der Waals surface area contributed by atoms with Crippen LogP contribution in [0.5, 0.6) is 0 Å². The average molecular weight is 219 g/mol. The molecule has 0 aromatic heterocycles. The van der Waals surface area contributed by atoms with E-state index in [2.05, 4.69) is 5.32 Å². The third-order valence-corrected chi connectivity index (χ3v) is 2.67. The zero-order valence-electron chi connectivity index (χ0n) is 8.99. The molecule has 1 aliphatic heterocycles. The van der Waals surface area contributed by atoms with Crippen molar-refractivity contribution in [2.75, 3.05) is 11.4 Å². The van der Waals surface area contributed by atoms with E-state index in [1.807, 2.05) is 19.1 Å². The number of benzene rings is 1. The Morgan fingerprint density at radius 3 is 2.75 bits per heavy atom. The topological polar surface area (TPSA) is 75.4 Å². The number of imide groups is 1. The Morgan fingerprint density at radius 2 is 2.19 bits per heavy atom. The number of hydrogen-bond acceptors (Lipinski definition) is 3. The predicted octanol–water partition coefficient (Wildman–Crippen LogP) is 0.510. The number of aryl methyl sites for hydroxylation is 1. The lowest BCUT2D eigenvalue weighted by atomic mass is 10.1. The monoisotopic (exact) mass is 219 g/mol. The van der Waals surface area contributed by atoms with E-state index in [9.17, 15) is 9.59 Å². The van der Waals surface area contributed by atoms with Crippen LogP contribution in [0.15, 0.2) is 18.2 Å². The van der Waals surface area contributed by atoms with Gasteiger partial charge in [-0.05, 0) is 24.1 Å². The van der Waals surface area contributed by atoms with E-state index < -0.39 is 0 Å². The molecule has 0 atom stereocenters. The number of rotatable bonds is 2. The number of nitrogens with zero attached hydrogens (tertiary/aromatic N) is 1. The largest absolute Gasteiger partial charge is 0.329 e. The molecule has 1 aromatic rings. The van der Waals surface area contributed by atoms with E-state index in [1.54, 1.807) is 6.07 Å². The predicted molar refractivity (Wildman–Crippen MR) is 60.0 cm³/mol. The Hall–Kier alpha value is -1.88. The molecular weight excluding hydrogens is 206 g/mol. The zero-order valence-corrected chi connectivity index (χ0v) is 8.99. The lowest BCUT2D eigenvalue weighted by Gasteiger charge is -2.17. The van der Waals surface area contributed by atoms with Gasteiger partial charge in [-0.1, -0.05) is 12.1 Å². The molecule has 1 aromatic carbocycles. The van der Waals surface area contributed by atoms with Crippen molar-refractivity contribution >= 4 is 17.6 Å². The van der Waals surface area contributed by atoms with Crippen LogP contribution in [0.1, 0.15) is 11.1 Å². The van der Waals surface area contributed by atoms with Gasteiger partial charge in [0.15, 0.2) is 0 Å². The molecule has 84 valence electrons. The standard InChI is InChI=1S/C11H13N3O2/c1-7-3-2-4-9(8(7)5-12)14-10(15)6-13-11(14)16/h2-4H,5-6,12H2,1H3,(H,13,16). The van der Waals surface area contributed by atoms with E-state index in [0.29, 0.717) is 12.2 Å². The first-order chi connectivity index (χ1) is 7.65. The van der Waals surface area contributed by atoms with Gasteiger partial charge in [-0.15, -0.1) is 0 Å². The van der Waals surface area contributed by atoms with Crippen molar-refractivity contribution in [3.8, 4) is 0 Å². The molecular formula is C11H13N3O2. The molecule has 5 nitrogen and oxygen atoms in total. The van der Waals surface area contributed by atoms with Gasteiger partial charge in [0, 0.05) is 6.54 Å². The second-order valence-electron chi connectivity index (χ2n) is 3.66. The number of amides is 3. The maximum atomic E-state index is 11.6. The lowest BCUT2D eigenvalue weighted by molar-refractivity contribution is -0.115. The number of nitrogens with one attached hydrogen (secondary N) is 1. The quantitative estimate of drug-likeness (QED) is 0.711. The van der Waals surface area contributed by atoms with E-state index in [4.69, 9.17) is 5.73 Å². The molecule has 0 bridgehead atoms. The fraction of sp³-hybridized carbons (Fsp3) is 0.273. The van der Waals surface area contributed by atoms with E-state index >= 15 is 0 Å². The molecule has 3 N–H and O–H groups in total. The van der Waals surface area contributed by atoms with Crippen molar-refractivity contribution in [1.82, 2.24) is 5.32 Å². The van der Waals surface area contributed by atoms with Gasteiger partial charge in [-0.2, -0.15) is 0 Å². The molecule has 1 heterocycles. The summed E-state index contributed by atoms with van der Waals surface area (Å²) in [6.45, 7) is 2.26. The van der Waals surface area contributed by atoms with Gasteiger partial charge in [0.05, 0.1) is 12.2 Å². The molecule has 1 saturated heterocycles. The number of anilines is 1. The molecule has 1 fully saturated rings. The summed E-state index contributed by atoms with van der Waals surface area (Å²) in [5.41, 5.74) is 8.03. The highest BCUT2D eigenvalue weighted by atomic mass is 16.2. The SMILES string of the molecule is Cc1cccc(N2C(=O)CNC2=O)c1CN. The third kappa shape index (κ3) is 1.55. The number of carbonyl (C=O) groups is 2. The summed E-state index contributed by atoms with van der Waals surface area (Å²) in [4.78, 5) is 24.2. The van der Waals surface area contributed by atoms with Crippen LogP contribution in [-0.2, 0) is 11.3 Å². The van der Waals surface area contributed by atoms with Crippen LogP contribution < -0.4 is 16.0 Å². The average Bonchev–Trinajstić information content (AvgIpc) is 2.58. The highest BCUT2D eigenvalue weighted by Crippen LogP contribution is 2.24. The van der Waals surface area contributed by atoms with Gasteiger partial charge in [0.25, 0.3) is 5.91 Å². The van der Waals surface area contributed by atoms with Crippen molar-refractivity contribution in [2.45, 2.75) is 13.5 Å². The van der Waals surface area contributed by atoms with Gasteiger partial charge in [0.1, 0.15) is 0 Å². The number of hydrogen-bond donors (Lipinski definition) is 2. The summed E-state index contributed by atoms with van der Waals surface area (Å²) in [7, 11) is 0. The molecule has 5 heteroatoms. The van der Waals surface area contributed by atoms with E-state index in [1.165, 1.54) is 0 Å². The van der Waals surface area contributed by atoms with Crippen molar-refractivity contribution in [3.05, 3.63) is 29.3 Å². The summed E-state index contributed by atoms with van der Waals surface area (Å²) in [5.74, 6) is -0.245. The minimum absolute atomic E-state index is 0.0524. The molecule has 16 heavy (non-hydrogen) atoms. The summed E-state index contributed by atoms with van der Waals surface area (Å²) in [6.07, 6.45) is 0. The van der Waals surface area contributed by atoms with Gasteiger partial charge >= 0.3 is 6.03 Å². The normalized spacial score (nSPS) is 15.5. The Bertz CT molecular complexity index is 441. The second-order valence-corrected chi connectivity index (χ2v) is 3.66. The number of urea groups is 1. The van der Waals surface area contributed by atoms with Crippen LogP contribution in [0, 0.1) is 6.92 Å². The van der Waals surface area contributed by atoms with Crippen LogP contribution in [0.25, 0.3) is 0 Å². The van der Waals surface area contributed by atoms with Crippen molar-refractivity contribution in [1.29, 1.82) is 0 Å². The van der Waals surface area contributed by atoms with Gasteiger partial charge in [0.2, 0.25) is 0 Å². The third-order valence-electron chi connectivity index (χ3n) is 2.67. The smallest absolute Gasteiger partial charge is 0.328 e. The molecule has 0 unspecified atom stereocenters. The molecule has 3 amide bonds. The van der Waals surface area contributed by atoms with Crippen molar-refractivity contribution in [3.63, 3.8) is 0 Å². The first kappa shape index (κ1) is 10.6. The molecule has 0 saturated carbocycles. The summed E-state index contributed by atoms with van der Waals surface area (Å²) in [5, 5.41) is 2.49. The molecule has 2 rings (SSSR count). The van der Waals surface area contributed by atoms with E-state index in [0.717, 1.165) is 16.0 Å². The van der Waals surface area contributed by atoms with Gasteiger partial charge in [-0.25, -0.2) is 9.69 Å². The highest BCUT2D eigenvalue weighted by molar-refractivity contribution is 6.20. The fourth-order valence-corrected chi connectivity index (χ4v) is 1.83. The zero-order chi connectivity index (χ0) is 11.7. The maximum Gasteiger partial charge on any atom is 0.329 e. The summed E-state index contributed by atoms with van der Waals surface area (Å²) >= 11 is 0. The first-order valence-corrected chi connectivity index (χ1v) is 5.04. The molecule has 0 aliphatic carbocycles. The number of nitrogens with two attached hydrogens (primary N) is 1.